The van der Waals surface area contributed by atoms with E-state index in [0.717, 1.165) is 32.1 Å². The van der Waals surface area contributed by atoms with Crippen molar-refractivity contribution >= 4 is 52.7 Å². The molecule has 12 heteroatoms. The molecule has 0 radical (unpaired) electrons. The third-order valence-electron chi connectivity index (χ3n) is 6.74. The number of primary amides is 1. The summed E-state index contributed by atoms with van der Waals surface area (Å²) >= 11 is 12.7. The molecule has 3 rings (SSSR count). The Balaban J connectivity index is 1.80. The van der Waals surface area contributed by atoms with Gasteiger partial charge in [-0.1, -0.05) is 19.3 Å². The van der Waals surface area contributed by atoms with Crippen LogP contribution in [-0.4, -0.2) is 69.5 Å². The van der Waals surface area contributed by atoms with Gasteiger partial charge < -0.3 is 26.6 Å². The highest BCUT2D eigenvalue weighted by Gasteiger charge is 2.74. The highest BCUT2D eigenvalue weighted by atomic mass is 35.5. The van der Waals surface area contributed by atoms with E-state index in [1.807, 2.05) is 20.8 Å². The topological polar surface area (TPSA) is 151 Å². The second-order valence-electron chi connectivity index (χ2n) is 10.5. The molecule has 0 aromatic heterocycles. The van der Waals surface area contributed by atoms with Crippen molar-refractivity contribution in [2.45, 2.75) is 74.8 Å². The summed E-state index contributed by atoms with van der Waals surface area (Å²) < 4.78 is -1.16. The molecule has 5 N–H and O–H groups in total. The number of ketones is 1. The number of amides is 5. The van der Waals surface area contributed by atoms with Gasteiger partial charge in [-0.05, 0) is 39.5 Å². The van der Waals surface area contributed by atoms with Gasteiger partial charge in [-0.2, -0.15) is 0 Å². The van der Waals surface area contributed by atoms with Crippen LogP contribution < -0.4 is 21.7 Å². The predicted octanol–water partition coefficient (Wildman–Crippen LogP) is 0.834. The van der Waals surface area contributed by atoms with Crippen LogP contribution in [0.4, 0.5) is 4.79 Å². The maximum atomic E-state index is 13.8. The van der Waals surface area contributed by atoms with Crippen molar-refractivity contribution in [3.8, 4) is 0 Å². The first-order chi connectivity index (χ1) is 15.7. The van der Waals surface area contributed by atoms with Crippen molar-refractivity contribution in [2.75, 3.05) is 13.1 Å². The normalized spacial score (nSPS) is 26.7. The number of nitrogens with two attached hydrogens (primary N) is 1. The number of carbonyl (C=O) groups excluding carboxylic acids is 5. The Labute approximate surface area is 209 Å². The molecule has 3 fully saturated rings. The minimum atomic E-state index is -1.17. The number of alkyl halides is 2. The molecule has 190 valence electrons. The molecule has 0 aromatic carbocycles. The molecule has 3 aliphatic rings. The Morgan fingerprint density at radius 2 is 1.71 bits per heavy atom. The van der Waals surface area contributed by atoms with Gasteiger partial charge in [0.15, 0.2) is 0 Å². The van der Waals surface area contributed by atoms with Crippen LogP contribution in [0.5, 0.6) is 0 Å². The van der Waals surface area contributed by atoms with Crippen molar-refractivity contribution in [1.29, 1.82) is 0 Å². The van der Waals surface area contributed by atoms with Crippen LogP contribution >= 0.6 is 23.2 Å². The molecule has 34 heavy (non-hydrogen) atoms. The number of urea groups is 1. The van der Waals surface area contributed by atoms with Crippen molar-refractivity contribution in [3.05, 3.63) is 0 Å². The van der Waals surface area contributed by atoms with E-state index in [9.17, 15) is 24.0 Å². The lowest BCUT2D eigenvalue weighted by Gasteiger charge is -2.36. The Kier molecular flexibility index (Phi) is 7.72. The molecule has 1 saturated heterocycles. The summed E-state index contributed by atoms with van der Waals surface area (Å²) in [5.41, 5.74) is 4.46. The second-order valence-corrected chi connectivity index (χ2v) is 11.9. The van der Waals surface area contributed by atoms with Gasteiger partial charge in [0.25, 0.3) is 5.91 Å². The summed E-state index contributed by atoms with van der Waals surface area (Å²) in [6.45, 7) is 5.09. The lowest BCUT2D eigenvalue weighted by molar-refractivity contribution is -0.143. The smallest absolute Gasteiger partial charge is 0.315 e. The van der Waals surface area contributed by atoms with E-state index in [1.165, 1.54) is 4.90 Å². The van der Waals surface area contributed by atoms with E-state index in [0.29, 0.717) is 0 Å². The first-order valence-corrected chi connectivity index (χ1v) is 12.4. The Bertz CT molecular complexity index is 868. The molecule has 10 nitrogen and oxygen atoms in total. The number of halogens is 2. The molecular formula is C22H33Cl2N5O5. The highest BCUT2D eigenvalue weighted by Crippen LogP contribution is 2.65. The van der Waals surface area contributed by atoms with Gasteiger partial charge in [-0.15, -0.1) is 23.2 Å². The third-order valence-corrected chi connectivity index (χ3v) is 7.81. The molecule has 0 unspecified atom stereocenters. The average Bonchev–Trinajstić information content (AvgIpc) is 3.09. The van der Waals surface area contributed by atoms with Crippen LogP contribution in [0.3, 0.4) is 0 Å². The number of likely N-dealkylation sites (tertiary alicyclic amines) is 1. The average molecular weight is 518 g/mol. The number of fused-ring (bicyclic) bond motifs is 1. The van der Waals surface area contributed by atoms with Gasteiger partial charge in [-0.25, -0.2) is 4.79 Å². The SMILES string of the molecule is CC(C)(C)NC(=O)N[C@H](C(=O)N1C[C@H]2[C@@H]([C@H]1C(=O)NCC(=O)C(N)=O)C2(Cl)Cl)C1CCCCC1. The Morgan fingerprint density at radius 3 is 2.26 bits per heavy atom. The fraction of sp³-hybridized carbons (Fsp3) is 0.773. The zero-order valence-electron chi connectivity index (χ0n) is 19.7. The van der Waals surface area contributed by atoms with E-state index >= 15 is 0 Å². The van der Waals surface area contributed by atoms with Crippen LogP contribution in [0.15, 0.2) is 0 Å². The molecule has 2 saturated carbocycles. The molecule has 5 amide bonds. The molecule has 1 aliphatic heterocycles. The maximum Gasteiger partial charge on any atom is 0.315 e. The van der Waals surface area contributed by atoms with Gasteiger partial charge in [0.1, 0.15) is 16.4 Å². The molecule has 0 aromatic rings. The monoisotopic (exact) mass is 517 g/mol. The van der Waals surface area contributed by atoms with Crippen molar-refractivity contribution in [1.82, 2.24) is 20.9 Å². The third kappa shape index (κ3) is 5.76. The zero-order valence-corrected chi connectivity index (χ0v) is 21.2. The number of rotatable bonds is 7. The Morgan fingerprint density at radius 1 is 1.09 bits per heavy atom. The minimum Gasteiger partial charge on any atom is -0.363 e. The van der Waals surface area contributed by atoms with Crippen molar-refractivity contribution in [2.24, 2.45) is 23.5 Å². The van der Waals surface area contributed by atoms with Crippen LogP contribution in [0.1, 0.15) is 52.9 Å². The predicted molar refractivity (Wildman–Crippen MR) is 126 cm³/mol. The maximum absolute atomic E-state index is 13.8. The Hall–Kier alpha value is -2.07. The lowest BCUT2D eigenvalue weighted by atomic mass is 9.83. The summed E-state index contributed by atoms with van der Waals surface area (Å²) in [6, 6.07) is -2.30. The summed E-state index contributed by atoms with van der Waals surface area (Å²) in [5, 5.41) is 8.03. The van der Waals surface area contributed by atoms with Crippen LogP contribution in [-0.2, 0) is 19.2 Å². The summed E-state index contributed by atoms with van der Waals surface area (Å²) in [5.74, 6) is -4.04. The molecule has 4 atom stereocenters. The van der Waals surface area contributed by atoms with E-state index in [1.54, 1.807) is 0 Å². The first kappa shape index (κ1) is 26.5. The molecule has 0 spiro atoms. The summed E-state index contributed by atoms with van der Waals surface area (Å²) in [6.07, 6.45) is 4.54. The molecular weight excluding hydrogens is 485 g/mol. The van der Waals surface area contributed by atoms with Gasteiger partial charge in [0, 0.05) is 23.9 Å². The van der Waals surface area contributed by atoms with Gasteiger partial charge >= 0.3 is 6.03 Å². The summed E-state index contributed by atoms with van der Waals surface area (Å²) in [4.78, 5) is 63.4. The largest absolute Gasteiger partial charge is 0.363 e. The quantitative estimate of drug-likeness (QED) is 0.291. The lowest BCUT2D eigenvalue weighted by Crippen LogP contribution is -2.60. The van der Waals surface area contributed by atoms with Crippen LogP contribution in [0.2, 0.25) is 0 Å². The second kappa shape index (κ2) is 9.89. The number of carbonyl (C=O) groups is 5. The minimum absolute atomic E-state index is 0.0687. The van der Waals surface area contributed by atoms with Gasteiger partial charge in [0.05, 0.1) is 6.54 Å². The number of hydrogen-bond donors (Lipinski definition) is 4. The molecule has 2 aliphatic carbocycles. The van der Waals surface area contributed by atoms with E-state index in [2.05, 4.69) is 16.0 Å². The number of hydrogen-bond acceptors (Lipinski definition) is 5. The standard InChI is InChI=1S/C22H33Cl2N5O5/c1-21(2,3)28-20(34)27-15(11-7-5-4-6-8-11)19(33)29-10-12-14(22(12,23)24)16(29)18(32)26-9-13(30)17(25)31/h11-12,14-16H,4-10H2,1-3H3,(H2,25,31)(H,26,32)(H2,27,28,34)/t12-,14-,15-,16-/m0/s1. The molecule has 1 heterocycles. The molecule has 0 bridgehead atoms. The van der Waals surface area contributed by atoms with E-state index in [-0.39, 0.29) is 24.3 Å². The van der Waals surface area contributed by atoms with Gasteiger partial charge in [0.2, 0.25) is 17.6 Å². The number of nitrogens with zero attached hydrogens (tertiary/aromatic N) is 1. The van der Waals surface area contributed by atoms with E-state index in [4.69, 9.17) is 28.9 Å². The first-order valence-electron chi connectivity index (χ1n) is 11.6. The van der Waals surface area contributed by atoms with E-state index < -0.39 is 58.0 Å². The fourth-order valence-electron chi connectivity index (χ4n) is 5.04. The fourth-order valence-corrected chi connectivity index (χ4v) is 5.86. The zero-order chi connectivity index (χ0) is 25.4. The number of piperidine rings is 1. The van der Waals surface area contributed by atoms with Crippen LogP contribution in [0, 0.1) is 17.8 Å². The van der Waals surface area contributed by atoms with Crippen molar-refractivity contribution < 1.29 is 24.0 Å². The van der Waals surface area contributed by atoms with Crippen molar-refractivity contribution in [3.63, 3.8) is 0 Å². The highest BCUT2D eigenvalue weighted by molar-refractivity contribution is 6.51. The number of nitrogens with one attached hydrogen (secondary N) is 3. The summed E-state index contributed by atoms with van der Waals surface area (Å²) in [7, 11) is 0. The number of Topliss-reactive ketones (excluding diaryl/α,β-unsaturated/α-hetero) is 1. The van der Waals surface area contributed by atoms with Crippen LogP contribution in [0.25, 0.3) is 0 Å². The van der Waals surface area contributed by atoms with Gasteiger partial charge in [-0.3, -0.25) is 19.2 Å².